The third-order valence-corrected chi connectivity index (χ3v) is 3.07. The molecule has 2 heterocycles. The molecular weight excluding hydrogens is 255 g/mol. The second-order valence-corrected chi connectivity index (χ2v) is 4.44. The van der Waals surface area contributed by atoms with Gasteiger partial charge in [0.25, 0.3) is 0 Å². The van der Waals surface area contributed by atoms with Gasteiger partial charge in [-0.05, 0) is 29.8 Å². The molecule has 5 heteroatoms. The molecule has 3 N–H and O–H groups in total. The number of benzene rings is 1. The van der Waals surface area contributed by atoms with Crippen molar-refractivity contribution in [3.63, 3.8) is 0 Å². The quantitative estimate of drug-likeness (QED) is 0.717. The summed E-state index contributed by atoms with van der Waals surface area (Å²) >= 11 is 0. The number of fused-ring (bicyclic) bond motifs is 1. The zero-order valence-corrected chi connectivity index (χ0v) is 10.7. The minimum absolute atomic E-state index is 0.360. The van der Waals surface area contributed by atoms with Crippen molar-refractivity contribution < 1.29 is 4.39 Å². The van der Waals surface area contributed by atoms with E-state index in [-0.39, 0.29) is 0 Å². The highest BCUT2D eigenvalue weighted by Gasteiger charge is 2.11. The van der Waals surface area contributed by atoms with Crippen LogP contribution in [0.2, 0.25) is 0 Å². The maximum Gasteiger partial charge on any atom is 0.150 e. The normalized spacial score (nSPS) is 10.7. The lowest BCUT2D eigenvalue weighted by atomic mass is 10.1. The Morgan fingerprint density at radius 2 is 2.05 bits per heavy atom. The number of anilines is 2. The molecule has 0 saturated carbocycles. The second kappa shape index (κ2) is 5.13. The van der Waals surface area contributed by atoms with Crippen molar-refractivity contribution in [3.8, 4) is 0 Å². The van der Waals surface area contributed by atoms with E-state index in [1.807, 2.05) is 18.2 Å². The van der Waals surface area contributed by atoms with Crippen molar-refractivity contribution in [2.24, 2.45) is 0 Å². The maximum atomic E-state index is 14.1. The summed E-state index contributed by atoms with van der Waals surface area (Å²) in [6.07, 6.45) is 5.05. The number of pyridine rings is 2. The standard InChI is InChI=1S/C15H13FN4/c16-12-7-13(17)11-4-2-6-19-14(11)15(12)20-9-10-3-1-5-18-8-10/h1-8,20H,9,17H2. The van der Waals surface area contributed by atoms with E-state index in [1.165, 1.54) is 6.07 Å². The Hall–Kier alpha value is -2.69. The van der Waals surface area contributed by atoms with Gasteiger partial charge in [-0.3, -0.25) is 9.97 Å². The van der Waals surface area contributed by atoms with Crippen molar-refractivity contribution in [1.82, 2.24) is 9.97 Å². The maximum absolute atomic E-state index is 14.1. The first-order valence-electron chi connectivity index (χ1n) is 6.21. The molecule has 20 heavy (non-hydrogen) atoms. The molecule has 0 saturated heterocycles. The van der Waals surface area contributed by atoms with Crippen LogP contribution in [0.3, 0.4) is 0 Å². The number of hydrogen-bond acceptors (Lipinski definition) is 4. The van der Waals surface area contributed by atoms with Crippen molar-refractivity contribution in [2.75, 3.05) is 11.1 Å². The average molecular weight is 268 g/mol. The zero-order chi connectivity index (χ0) is 13.9. The molecule has 0 atom stereocenters. The van der Waals surface area contributed by atoms with E-state index in [2.05, 4.69) is 15.3 Å². The van der Waals surface area contributed by atoms with Crippen LogP contribution in [0.1, 0.15) is 5.56 Å². The van der Waals surface area contributed by atoms with Crippen molar-refractivity contribution in [2.45, 2.75) is 6.54 Å². The minimum Gasteiger partial charge on any atom is -0.398 e. The first-order valence-corrected chi connectivity index (χ1v) is 6.21. The third-order valence-electron chi connectivity index (χ3n) is 3.07. The van der Waals surface area contributed by atoms with Crippen molar-refractivity contribution >= 4 is 22.3 Å². The smallest absolute Gasteiger partial charge is 0.150 e. The Balaban J connectivity index is 1.99. The summed E-state index contributed by atoms with van der Waals surface area (Å²) in [5, 5.41) is 3.80. The number of nitrogen functional groups attached to an aromatic ring is 1. The number of aromatic nitrogens is 2. The van der Waals surface area contributed by atoms with Crippen LogP contribution in [0.5, 0.6) is 0 Å². The Bertz CT molecular complexity index is 743. The highest BCUT2D eigenvalue weighted by molar-refractivity contribution is 5.98. The van der Waals surface area contributed by atoms with Crippen LogP contribution in [0, 0.1) is 5.82 Å². The molecule has 0 fully saturated rings. The number of rotatable bonds is 3. The molecule has 3 aromatic rings. The van der Waals surface area contributed by atoms with E-state index in [0.717, 1.165) is 10.9 Å². The topological polar surface area (TPSA) is 63.8 Å². The van der Waals surface area contributed by atoms with Gasteiger partial charge in [0.05, 0.1) is 11.2 Å². The van der Waals surface area contributed by atoms with Crippen molar-refractivity contribution in [1.29, 1.82) is 0 Å². The first kappa shape index (κ1) is 12.3. The molecule has 3 rings (SSSR count). The van der Waals surface area contributed by atoms with Crippen LogP contribution in [0.25, 0.3) is 10.9 Å². The van der Waals surface area contributed by atoms with E-state index in [0.29, 0.717) is 23.4 Å². The van der Waals surface area contributed by atoms with Gasteiger partial charge in [0.15, 0.2) is 5.82 Å². The fraction of sp³-hybridized carbons (Fsp3) is 0.0667. The summed E-state index contributed by atoms with van der Waals surface area (Å²) in [4.78, 5) is 8.24. The van der Waals surface area contributed by atoms with E-state index < -0.39 is 5.82 Å². The second-order valence-electron chi connectivity index (χ2n) is 4.44. The summed E-state index contributed by atoms with van der Waals surface area (Å²) < 4.78 is 14.1. The van der Waals surface area contributed by atoms with Crippen LogP contribution in [-0.4, -0.2) is 9.97 Å². The summed E-state index contributed by atoms with van der Waals surface area (Å²) in [6, 6.07) is 8.68. The van der Waals surface area contributed by atoms with E-state index in [1.54, 1.807) is 24.7 Å². The molecule has 0 spiro atoms. The minimum atomic E-state index is -0.405. The number of nitrogens with zero attached hydrogens (tertiary/aromatic N) is 2. The molecule has 4 nitrogen and oxygen atoms in total. The van der Waals surface area contributed by atoms with Crippen LogP contribution >= 0.6 is 0 Å². The van der Waals surface area contributed by atoms with Gasteiger partial charge in [0.2, 0.25) is 0 Å². The number of halogens is 1. The Morgan fingerprint density at radius 3 is 2.85 bits per heavy atom. The average Bonchev–Trinajstić information content (AvgIpc) is 2.48. The van der Waals surface area contributed by atoms with Gasteiger partial charge in [-0.15, -0.1) is 0 Å². The fourth-order valence-corrected chi connectivity index (χ4v) is 2.10. The predicted octanol–water partition coefficient (Wildman–Crippen LogP) is 2.96. The highest BCUT2D eigenvalue weighted by Crippen LogP contribution is 2.29. The lowest BCUT2D eigenvalue weighted by Gasteiger charge is -2.11. The van der Waals surface area contributed by atoms with Crippen LogP contribution in [-0.2, 0) is 6.54 Å². The molecule has 0 radical (unpaired) electrons. The van der Waals surface area contributed by atoms with Gasteiger partial charge >= 0.3 is 0 Å². The lowest BCUT2D eigenvalue weighted by molar-refractivity contribution is 0.632. The molecule has 0 unspecified atom stereocenters. The van der Waals surface area contributed by atoms with Gasteiger partial charge < -0.3 is 11.1 Å². The monoisotopic (exact) mass is 268 g/mol. The Morgan fingerprint density at radius 1 is 1.20 bits per heavy atom. The van der Waals surface area contributed by atoms with Gasteiger partial charge in [-0.25, -0.2) is 4.39 Å². The molecule has 100 valence electrons. The number of hydrogen-bond donors (Lipinski definition) is 2. The predicted molar refractivity (Wildman–Crippen MR) is 77.7 cm³/mol. The Kier molecular flexibility index (Phi) is 3.16. The molecular formula is C15H13FN4. The van der Waals surface area contributed by atoms with Crippen LogP contribution < -0.4 is 11.1 Å². The molecule has 1 aromatic carbocycles. The molecule has 0 aliphatic carbocycles. The molecule has 2 aromatic heterocycles. The third kappa shape index (κ3) is 2.25. The SMILES string of the molecule is Nc1cc(F)c(NCc2cccnc2)c2ncccc12. The molecule has 0 aliphatic rings. The van der Waals surface area contributed by atoms with Gasteiger partial charge in [0.1, 0.15) is 0 Å². The van der Waals surface area contributed by atoms with E-state index in [9.17, 15) is 4.39 Å². The van der Waals surface area contributed by atoms with Crippen LogP contribution in [0.15, 0.2) is 48.9 Å². The summed E-state index contributed by atoms with van der Waals surface area (Å²) in [5.41, 5.74) is 8.06. The highest BCUT2D eigenvalue weighted by atomic mass is 19.1. The van der Waals surface area contributed by atoms with Crippen LogP contribution in [0.4, 0.5) is 15.8 Å². The summed E-state index contributed by atoms with van der Waals surface area (Å²) in [5.74, 6) is -0.405. The van der Waals surface area contributed by atoms with Gasteiger partial charge in [0, 0.05) is 36.2 Å². The number of nitrogens with one attached hydrogen (secondary N) is 1. The van der Waals surface area contributed by atoms with E-state index >= 15 is 0 Å². The fourth-order valence-electron chi connectivity index (χ4n) is 2.10. The molecule has 0 aliphatic heterocycles. The first-order chi connectivity index (χ1) is 9.75. The number of nitrogens with two attached hydrogens (primary N) is 1. The van der Waals surface area contributed by atoms with E-state index in [4.69, 9.17) is 5.73 Å². The summed E-state index contributed by atoms with van der Waals surface area (Å²) in [6.45, 7) is 0.473. The largest absolute Gasteiger partial charge is 0.398 e. The summed E-state index contributed by atoms with van der Waals surface area (Å²) in [7, 11) is 0. The zero-order valence-electron chi connectivity index (χ0n) is 10.7. The lowest BCUT2D eigenvalue weighted by Crippen LogP contribution is -2.04. The Labute approximate surface area is 115 Å². The van der Waals surface area contributed by atoms with Gasteiger partial charge in [-0.1, -0.05) is 6.07 Å². The van der Waals surface area contributed by atoms with Crippen molar-refractivity contribution in [3.05, 3.63) is 60.3 Å². The van der Waals surface area contributed by atoms with Gasteiger partial charge in [-0.2, -0.15) is 0 Å². The molecule has 0 bridgehead atoms. The molecule has 0 amide bonds.